The number of hydrogen-bond donors (Lipinski definition) is 1. The highest BCUT2D eigenvalue weighted by atomic mass is 35.5. The van der Waals surface area contributed by atoms with Crippen molar-refractivity contribution in [1.82, 2.24) is 25.5 Å². The molecule has 1 fully saturated rings. The van der Waals surface area contributed by atoms with Gasteiger partial charge in [0, 0.05) is 12.3 Å². The molecule has 0 spiro atoms. The zero-order valence-corrected chi connectivity index (χ0v) is 14.9. The Morgan fingerprint density at radius 3 is 2.70 bits per heavy atom. The Labute approximate surface area is 148 Å². The van der Waals surface area contributed by atoms with E-state index in [9.17, 15) is 0 Å². The van der Waals surface area contributed by atoms with Crippen molar-refractivity contribution in [1.29, 1.82) is 0 Å². The fourth-order valence-electron chi connectivity index (χ4n) is 2.91. The van der Waals surface area contributed by atoms with Crippen LogP contribution in [0.1, 0.15) is 32.1 Å². The fraction of sp³-hybridized carbons (Fsp3) is 0.562. The van der Waals surface area contributed by atoms with Crippen molar-refractivity contribution in [3.8, 4) is 5.69 Å². The van der Waals surface area contributed by atoms with Gasteiger partial charge in [-0.15, -0.1) is 17.5 Å². The number of halogens is 1. The maximum Gasteiger partial charge on any atom is 0.214 e. The predicted octanol–water partition coefficient (Wildman–Crippen LogP) is 3.35. The van der Waals surface area contributed by atoms with Gasteiger partial charge in [0.15, 0.2) is 0 Å². The fourth-order valence-corrected chi connectivity index (χ4v) is 3.70. The Hall–Kier alpha value is -1.11. The van der Waals surface area contributed by atoms with E-state index in [-0.39, 0.29) is 12.4 Å². The Morgan fingerprint density at radius 2 is 1.91 bits per heavy atom. The van der Waals surface area contributed by atoms with Crippen LogP contribution in [-0.4, -0.2) is 39.0 Å². The first-order valence-electron chi connectivity index (χ1n) is 8.11. The molecule has 1 heterocycles. The summed E-state index contributed by atoms with van der Waals surface area (Å²) in [6.07, 6.45) is 7.03. The topological polar surface area (TPSA) is 55.6 Å². The second kappa shape index (κ2) is 9.90. The molecule has 1 aromatic heterocycles. The van der Waals surface area contributed by atoms with E-state index in [1.54, 1.807) is 16.4 Å². The number of thioether (sulfide) groups is 1. The van der Waals surface area contributed by atoms with Crippen molar-refractivity contribution in [3.05, 3.63) is 30.3 Å². The van der Waals surface area contributed by atoms with Crippen LogP contribution in [0.25, 0.3) is 5.69 Å². The van der Waals surface area contributed by atoms with Gasteiger partial charge in [-0.1, -0.05) is 49.2 Å². The Bertz CT molecular complexity index is 557. The highest BCUT2D eigenvalue weighted by Gasteiger charge is 2.12. The van der Waals surface area contributed by atoms with Gasteiger partial charge in [-0.3, -0.25) is 0 Å². The number of rotatable bonds is 7. The molecule has 1 aromatic carbocycles. The Balaban J connectivity index is 0.00000192. The summed E-state index contributed by atoms with van der Waals surface area (Å²) in [5, 5.41) is 16.4. The molecular weight excluding hydrogens is 330 g/mol. The van der Waals surface area contributed by atoms with Crippen LogP contribution >= 0.6 is 24.2 Å². The molecule has 0 bridgehead atoms. The maximum absolute atomic E-state index is 4.12. The van der Waals surface area contributed by atoms with E-state index in [4.69, 9.17) is 0 Å². The monoisotopic (exact) mass is 353 g/mol. The SMILES string of the molecule is Cl.c1ccc(-n2nnnc2SCCNCC2CCCCC2)cc1. The molecule has 0 atom stereocenters. The minimum absolute atomic E-state index is 0. The van der Waals surface area contributed by atoms with Gasteiger partial charge >= 0.3 is 0 Å². The van der Waals surface area contributed by atoms with Crippen LogP contribution in [0.5, 0.6) is 0 Å². The summed E-state index contributed by atoms with van der Waals surface area (Å²) in [6.45, 7) is 2.16. The normalized spacial score (nSPS) is 15.3. The molecule has 1 saturated carbocycles. The van der Waals surface area contributed by atoms with E-state index in [0.717, 1.165) is 35.6 Å². The second-order valence-electron chi connectivity index (χ2n) is 5.77. The molecule has 5 nitrogen and oxygen atoms in total. The smallest absolute Gasteiger partial charge is 0.214 e. The first-order chi connectivity index (χ1) is 10.9. The van der Waals surface area contributed by atoms with Crippen molar-refractivity contribution >= 4 is 24.2 Å². The highest BCUT2D eigenvalue weighted by Crippen LogP contribution is 2.23. The summed E-state index contributed by atoms with van der Waals surface area (Å²) in [7, 11) is 0. The van der Waals surface area contributed by atoms with Gasteiger partial charge in [0.2, 0.25) is 5.16 Å². The summed E-state index contributed by atoms with van der Waals surface area (Å²) >= 11 is 1.70. The zero-order chi connectivity index (χ0) is 15.0. The Kier molecular flexibility index (Phi) is 7.85. The number of nitrogens with one attached hydrogen (secondary N) is 1. The molecule has 1 aliphatic rings. The van der Waals surface area contributed by atoms with Gasteiger partial charge in [-0.2, -0.15) is 4.68 Å². The number of hydrogen-bond acceptors (Lipinski definition) is 5. The standard InChI is InChI=1S/C16H23N5S.ClH/c1-3-7-14(8-4-1)13-17-11-12-22-16-18-19-20-21(16)15-9-5-2-6-10-15;/h2,5-6,9-10,14,17H,1,3-4,7-8,11-13H2;1H. The van der Waals surface area contributed by atoms with Gasteiger partial charge in [0.25, 0.3) is 0 Å². The quantitative estimate of drug-likeness (QED) is 0.611. The molecule has 23 heavy (non-hydrogen) atoms. The zero-order valence-electron chi connectivity index (χ0n) is 13.2. The summed E-state index contributed by atoms with van der Waals surface area (Å²) in [6, 6.07) is 10.0. The molecule has 0 saturated heterocycles. The van der Waals surface area contributed by atoms with Crippen molar-refractivity contribution in [2.24, 2.45) is 5.92 Å². The molecule has 0 radical (unpaired) electrons. The van der Waals surface area contributed by atoms with Gasteiger partial charge in [-0.05, 0) is 47.9 Å². The number of nitrogens with zero attached hydrogens (tertiary/aromatic N) is 4. The van der Waals surface area contributed by atoms with Crippen LogP contribution in [0.3, 0.4) is 0 Å². The van der Waals surface area contributed by atoms with Crippen LogP contribution in [-0.2, 0) is 0 Å². The van der Waals surface area contributed by atoms with E-state index in [0.29, 0.717) is 0 Å². The van der Waals surface area contributed by atoms with Crippen molar-refractivity contribution < 1.29 is 0 Å². The predicted molar refractivity (Wildman–Crippen MR) is 96.6 cm³/mol. The minimum Gasteiger partial charge on any atom is -0.316 e. The lowest BCUT2D eigenvalue weighted by Crippen LogP contribution is -2.26. The summed E-state index contributed by atoms with van der Waals surface area (Å²) in [4.78, 5) is 0. The number of para-hydroxylation sites is 1. The molecule has 0 unspecified atom stereocenters. The molecule has 3 rings (SSSR count). The van der Waals surface area contributed by atoms with Crippen LogP contribution in [0.2, 0.25) is 0 Å². The average molecular weight is 354 g/mol. The third-order valence-electron chi connectivity index (χ3n) is 4.11. The Morgan fingerprint density at radius 1 is 1.13 bits per heavy atom. The van der Waals surface area contributed by atoms with E-state index >= 15 is 0 Å². The highest BCUT2D eigenvalue weighted by molar-refractivity contribution is 7.99. The molecule has 0 amide bonds. The van der Waals surface area contributed by atoms with Gasteiger partial charge in [-0.25, -0.2) is 0 Å². The molecular formula is C16H24ClN5S. The van der Waals surface area contributed by atoms with E-state index in [1.807, 2.05) is 30.3 Å². The third kappa shape index (κ3) is 5.48. The van der Waals surface area contributed by atoms with E-state index < -0.39 is 0 Å². The minimum atomic E-state index is 0. The van der Waals surface area contributed by atoms with E-state index in [1.165, 1.54) is 32.1 Å². The second-order valence-corrected chi connectivity index (χ2v) is 6.83. The largest absolute Gasteiger partial charge is 0.316 e. The van der Waals surface area contributed by atoms with E-state index in [2.05, 4.69) is 20.8 Å². The number of tetrazole rings is 1. The molecule has 0 aliphatic heterocycles. The number of benzene rings is 1. The van der Waals surface area contributed by atoms with Crippen molar-refractivity contribution in [3.63, 3.8) is 0 Å². The third-order valence-corrected chi connectivity index (χ3v) is 5.03. The first-order valence-corrected chi connectivity index (χ1v) is 9.09. The lowest BCUT2D eigenvalue weighted by molar-refractivity contribution is 0.345. The summed E-state index contributed by atoms with van der Waals surface area (Å²) in [5.41, 5.74) is 1.00. The first kappa shape index (κ1) is 18.2. The van der Waals surface area contributed by atoms with Crippen LogP contribution in [0, 0.1) is 5.92 Å². The maximum atomic E-state index is 4.12. The van der Waals surface area contributed by atoms with Crippen molar-refractivity contribution in [2.75, 3.05) is 18.8 Å². The molecule has 1 N–H and O–H groups in total. The van der Waals surface area contributed by atoms with Gasteiger partial charge < -0.3 is 5.32 Å². The molecule has 126 valence electrons. The van der Waals surface area contributed by atoms with Gasteiger partial charge in [0.05, 0.1) is 5.69 Å². The lowest BCUT2D eigenvalue weighted by atomic mass is 9.89. The molecule has 2 aromatic rings. The average Bonchev–Trinajstić information content (AvgIpc) is 3.05. The molecule has 7 heteroatoms. The van der Waals surface area contributed by atoms with Crippen LogP contribution in [0.15, 0.2) is 35.5 Å². The molecule has 1 aliphatic carbocycles. The van der Waals surface area contributed by atoms with Crippen LogP contribution in [0.4, 0.5) is 0 Å². The summed E-state index contributed by atoms with van der Waals surface area (Å²) < 4.78 is 1.80. The van der Waals surface area contributed by atoms with Gasteiger partial charge in [0.1, 0.15) is 0 Å². The summed E-state index contributed by atoms with van der Waals surface area (Å²) in [5.74, 6) is 1.87. The number of aromatic nitrogens is 4. The van der Waals surface area contributed by atoms with Crippen LogP contribution < -0.4 is 5.32 Å². The van der Waals surface area contributed by atoms with Crippen molar-refractivity contribution in [2.45, 2.75) is 37.3 Å². The lowest BCUT2D eigenvalue weighted by Gasteiger charge is -2.21.